The van der Waals surface area contributed by atoms with E-state index in [0.29, 0.717) is 25.9 Å². The third kappa shape index (κ3) is 23.3. The van der Waals surface area contributed by atoms with Gasteiger partial charge in [0.2, 0.25) is 0 Å². The number of isocyanates is 1. The van der Waals surface area contributed by atoms with E-state index in [1.54, 1.807) is 0 Å². The lowest BCUT2D eigenvalue weighted by Gasteiger charge is -2.45. The summed E-state index contributed by atoms with van der Waals surface area (Å²) in [5.74, 6) is 0.609. The molecule has 0 saturated heterocycles. The number of rotatable bonds is 30. The maximum absolute atomic E-state index is 11.9. The second-order valence-electron chi connectivity index (χ2n) is 15.0. The van der Waals surface area contributed by atoms with Crippen LogP contribution in [0.25, 0.3) is 0 Å². The lowest BCUT2D eigenvalue weighted by Crippen LogP contribution is -2.43. The number of unbranched alkanes of at least 4 members (excludes halogenated alkanes) is 18. The summed E-state index contributed by atoms with van der Waals surface area (Å²) in [6.45, 7) is 12.0. The summed E-state index contributed by atoms with van der Waals surface area (Å²) >= 11 is 0. The molecule has 6 heteroatoms. The Morgan fingerprint density at radius 3 is 1.65 bits per heavy atom. The van der Waals surface area contributed by atoms with E-state index in [9.17, 15) is 4.79 Å². The Balaban J connectivity index is 2.15. The van der Waals surface area contributed by atoms with Gasteiger partial charge in [0.15, 0.2) is 13.1 Å². The van der Waals surface area contributed by atoms with Gasteiger partial charge in [0.25, 0.3) is 0 Å². The molecular weight excluding hydrogens is 536 g/mol. The van der Waals surface area contributed by atoms with Gasteiger partial charge >= 0.3 is 6.08 Å². The molecule has 1 fully saturated rings. The zero-order chi connectivity index (χ0) is 31.5. The fourth-order valence-corrected chi connectivity index (χ4v) is 7.70. The number of ether oxygens (including phenoxy) is 1. The molecule has 0 aromatic heterocycles. The largest absolute Gasteiger partial charge is 0.424 e. The molecule has 0 spiro atoms. The zero-order valence-corrected chi connectivity index (χ0v) is 28.9. The van der Waals surface area contributed by atoms with Gasteiger partial charge in [0.1, 0.15) is 0 Å². The monoisotopic (exact) mass is 610 g/mol. The number of aliphatic hydroxyl groups is 2. The molecule has 0 heterocycles. The molecule has 2 unspecified atom stereocenters. The van der Waals surface area contributed by atoms with Crippen LogP contribution in [0.2, 0.25) is 0 Å². The first-order valence-electron chi connectivity index (χ1n) is 18.5. The molecule has 0 amide bonds. The van der Waals surface area contributed by atoms with Crippen molar-refractivity contribution in [3.63, 3.8) is 0 Å². The molecule has 0 bridgehead atoms. The van der Waals surface area contributed by atoms with Crippen LogP contribution in [0.5, 0.6) is 0 Å². The van der Waals surface area contributed by atoms with Crippen LogP contribution < -0.4 is 5.32 Å². The summed E-state index contributed by atoms with van der Waals surface area (Å²) in [5.41, 5.74) is 0.425. The Bertz CT molecular complexity index is 694. The molecule has 0 aromatic carbocycles. The maximum atomic E-state index is 11.9. The van der Waals surface area contributed by atoms with Gasteiger partial charge in [-0.05, 0) is 56.3 Å². The predicted octanol–water partition coefficient (Wildman–Crippen LogP) is 8.52. The Morgan fingerprint density at radius 1 is 0.698 bits per heavy atom. The number of carbonyl (C=O) groups excluding carboxylic acids is 1. The highest BCUT2D eigenvalue weighted by Crippen LogP contribution is 2.48. The predicted molar refractivity (Wildman–Crippen MR) is 180 cm³/mol. The van der Waals surface area contributed by atoms with Gasteiger partial charge in [-0.1, -0.05) is 117 Å². The van der Waals surface area contributed by atoms with Crippen LogP contribution in [0.1, 0.15) is 168 Å². The highest BCUT2D eigenvalue weighted by Gasteiger charge is 2.43. The topological polar surface area (TPSA) is 81.8 Å². The molecule has 1 aliphatic carbocycles. The second kappa shape index (κ2) is 26.4. The molecule has 0 aromatic rings. The summed E-state index contributed by atoms with van der Waals surface area (Å²) in [7, 11) is 0. The minimum Gasteiger partial charge on any atom is -0.396 e. The summed E-state index contributed by atoms with van der Waals surface area (Å²) in [4.78, 5) is 11.9. The Morgan fingerprint density at radius 2 is 1.16 bits per heavy atom. The first-order valence-corrected chi connectivity index (χ1v) is 18.5. The Labute approximate surface area is 266 Å². The van der Waals surface area contributed by atoms with E-state index < -0.39 is 0 Å². The molecule has 6 nitrogen and oxygen atoms in total. The van der Waals surface area contributed by atoms with Gasteiger partial charge in [-0.15, -0.1) is 0 Å². The molecule has 1 saturated carbocycles. The van der Waals surface area contributed by atoms with Gasteiger partial charge in [0, 0.05) is 38.2 Å². The van der Waals surface area contributed by atoms with E-state index in [1.807, 2.05) is 4.58 Å². The standard InChI is InChI=1S/C37H73N2O4/c1-36(2)28-35(30-38-33-43-27-23-19-15-11-7-6-10-14-18-22-26-41)29-37(3,31-36)32-39(34-42)24-20-16-12-8-4-5-9-13-17-21-25-40/h35,38,40-41H,4-33H2,1-3H3/q+1. The zero-order valence-electron chi connectivity index (χ0n) is 28.9. The molecule has 1 rings (SSSR count). The van der Waals surface area contributed by atoms with Crippen molar-refractivity contribution in [3.05, 3.63) is 0 Å². The van der Waals surface area contributed by atoms with Gasteiger partial charge in [-0.25, -0.2) is 0 Å². The van der Waals surface area contributed by atoms with Crippen LogP contribution in [-0.4, -0.2) is 67.1 Å². The molecule has 43 heavy (non-hydrogen) atoms. The minimum absolute atomic E-state index is 0.141. The number of hydrogen-bond donors (Lipinski definition) is 3. The molecule has 0 radical (unpaired) electrons. The molecule has 0 aliphatic heterocycles. The lowest BCUT2D eigenvalue weighted by molar-refractivity contribution is -0.542. The average molecular weight is 610 g/mol. The number of nitrogens with zero attached hydrogens (tertiary/aromatic N) is 1. The van der Waals surface area contributed by atoms with Crippen molar-refractivity contribution in [2.45, 2.75) is 168 Å². The summed E-state index contributed by atoms with van der Waals surface area (Å²) in [6.07, 6.45) is 30.4. The van der Waals surface area contributed by atoms with E-state index >= 15 is 0 Å². The number of hydrogen-bond acceptors (Lipinski definition) is 5. The van der Waals surface area contributed by atoms with Crippen molar-refractivity contribution < 1.29 is 24.3 Å². The van der Waals surface area contributed by atoms with Crippen molar-refractivity contribution in [2.24, 2.45) is 16.7 Å². The van der Waals surface area contributed by atoms with Crippen molar-refractivity contribution in [1.29, 1.82) is 0 Å². The summed E-state index contributed by atoms with van der Waals surface area (Å²) in [6, 6.07) is 0. The van der Waals surface area contributed by atoms with E-state index in [4.69, 9.17) is 14.9 Å². The molecule has 1 aliphatic rings. The Hall–Kier alpha value is -0.780. The summed E-state index contributed by atoms with van der Waals surface area (Å²) < 4.78 is 7.84. The van der Waals surface area contributed by atoms with Gasteiger partial charge in [-0.3, -0.25) is 5.32 Å². The van der Waals surface area contributed by atoms with Crippen LogP contribution in [0.4, 0.5) is 0 Å². The second-order valence-corrected chi connectivity index (χ2v) is 15.0. The molecule has 2 atom stereocenters. The van der Waals surface area contributed by atoms with Crippen LogP contribution in [0.3, 0.4) is 0 Å². The maximum Gasteiger partial charge on any atom is 0.424 e. The number of aliphatic hydroxyl groups excluding tert-OH is 2. The van der Waals surface area contributed by atoms with E-state index in [1.165, 1.54) is 103 Å². The molecule has 3 N–H and O–H groups in total. The SMILES string of the molecule is CC1(C)CC(CNCOCCCCCCCCCCCCO)CC(C)(C[N+](=C=O)CCCCCCCCCCCCO)C1. The average Bonchev–Trinajstić information content (AvgIpc) is 2.96. The molecule has 254 valence electrons. The number of nitrogens with one attached hydrogen (secondary N) is 1. The highest BCUT2D eigenvalue weighted by molar-refractivity contribution is 5.25. The minimum atomic E-state index is 0.141. The van der Waals surface area contributed by atoms with Crippen molar-refractivity contribution in [1.82, 2.24) is 5.32 Å². The van der Waals surface area contributed by atoms with Crippen LogP contribution >= 0.6 is 0 Å². The van der Waals surface area contributed by atoms with E-state index in [-0.39, 0.29) is 10.8 Å². The van der Waals surface area contributed by atoms with Crippen molar-refractivity contribution >= 4 is 6.08 Å². The summed E-state index contributed by atoms with van der Waals surface area (Å²) in [5, 5.41) is 21.3. The smallest absolute Gasteiger partial charge is 0.396 e. The van der Waals surface area contributed by atoms with Gasteiger partial charge < -0.3 is 14.9 Å². The fourth-order valence-electron chi connectivity index (χ4n) is 7.70. The normalized spacial score (nSPS) is 19.9. The van der Waals surface area contributed by atoms with Crippen molar-refractivity contribution in [2.75, 3.05) is 46.2 Å². The van der Waals surface area contributed by atoms with Crippen molar-refractivity contribution in [3.8, 4) is 0 Å². The van der Waals surface area contributed by atoms with Crippen LogP contribution in [0, 0.1) is 16.7 Å². The first kappa shape index (κ1) is 40.2. The molecular formula is C37H73N2O4+. The lowest BCUT2D eigenvalue weighted by atomic mass is 9.60. The first-order chi connectivity index (χ1) is 20.8. The van der Waals surface area contributed by atoms with Crippen LogP contribution in [0.15, 0.2) is 0 Å². The fraction of sp³-hybridized carbons (Fsp3) is 0.973. The van der Waals surface area contributed by atoms with Gasteiger partial charge in [0.05, 0.1) is 6.73 Å². The third-order valence-corrected chi connectivity index (χ3v) is 9.40. The van der Waals surface area contributed by atoms with Crippen LogP contribution in [-0.2, 0) is 9.53 Å². The quantitative estimate of drug-likeness (QED) is 0.0250. The third-order valence-electron chi connectivity index (χ3n) is 9.40. The van der Waals surface area contributed by atoms with Gasteiger partial charge in [-0.2, -0.15) is 9.37 Å². The highest BCUT2D eigenvalue weighted by atomic mass is 16.5. The van der Waals surface area contributed by atoms with E-state index in [0.717, 1.165) is 71.2 Å². The Kier molecular flexibility index (Phi) is 24.7. The van der Waals surface area contributed by atoms with E-state index in [2.05, 4.69) is 32.2 Å².